The number of carbonyl (C=O) groups is 3. The molecule has 1 fully saturated rings. The smallest absolute Gasteiger partial charge is 0.335 e. The minimum atomic E-state index is -1.07. The van der Waals surface area contributed by atoms with E-state index >= 15 is 0 Å². The molecule has 2 amide bonds. The van der Waals surface area contributed by atoms with Crippen molar-refractivity contribution in [3.63, 3.8) is 0 Å². The summed E-state index contributed by atoms with van der Waals surface area (Å²) in [5.41, 5.74) is 3.49. The molecule has 2 aromatic rings. The molecule has 2 N–H and O–H groups in total. The van der Waals surface area contributed by atoms with E-state index in [9.17, 15) is 14.4 Å². The lowest BCUT2D eigenvalue weighted by molar-refractivity contribution is -0.127. The van der Waals surface area contributed by atoms with Crippen LogP contribution >= 0.6 is 11.8 Å². The lowest BCUT2D eigenvalue weighted by Gasteiger charge is -2.10. The van der Waals surface area contributed by atoms with Gasteiger partial charge in [0.2, 0.25) is 11.8 Å². The molecule has 0 spiro atoms. The Hall–Kier alpha value is -3.13. The molecule has 1 aliphatic heterocycles. The van der Waals surface area contributed by atoms with E-state index in [4.69, 9.17) is 5.11 Å². The average Bonchev–Trinajstić information content (AvgIpc) is 2.92. The predicted octanol–water partition coefficient (Wildman–Crippen LogP) is 3.59. The molecule has 0 saturated carbocycles. The molecule has 0 aromatic heterocycles. The molecule has 3 rings (SSSR count). The lowest BCUT2D eigenvalue weighted by atomic mass is 10.1. The van der Waals surface area contributed by atoms with Gasteiger partial charge in [0.1, 0.15) is 5.25 Å². The van der Waals surface area contributed by atoms with Crippen LogP contribution < -0.4 is 5.32 Å². The van der Waals surface area contributed by atoms with Crippen molar-refractivity contribution >= 4 is 46.1 Å². The molecule has 0 radical (unpaired) electrons. The topological polar surface area (TPSA) is 99.1 Å². The number of rotatable bonds is 5. The molecular weight excluding hydrogens is 390 g/mol. The van der Waals surface area contributed by atoms with Gasteiger partial charge in [-0.2, -0.15) is 0 Å². The molecule has 2 aromatic carbocycles. The zero-order valence-corrected chi connectivity index (χ0v) is 17.1. The lowest BCUT2D eigenvalue weighted by Crippen LogP contribution is -2.30. The second-order valence-electron chi connectivity index (χ2n) is 6.80. The molecule has 7 nitrogen and oxygen atoms in total. The SMILES string of the molecule is Cc1ccc(N=C2S[C@@H](CC(=O)Nc3cccc(C(=O)O)c3)C(=O)N2C)cc1C. The Kier molecular flexibility index (Phi) is 6.03. The zero-order valence-electron chi connectivity index (χ0n) is 16.3. The molecule has 0 unspecified atom stereocenters. The number of nitrogens with one attached hydrogen (secondary N) is 1. The Bertz CT molecular complexity index is 1020. The standard InChI is InChI=1S/C21H21N3O4S/c1-12-7-8-16(9-13(12)2)23-21-24(3)19(26)17(29-21)11-18(25)22-15-6-4-5-14(10-15)20(27)28/h4-10,17H,11H2,1-3H3,(H,22,25)(H,27,28)/t17-/m0/s1. The minimum absolute atomic E-state index is 0.0307. The normalized spacial score (nSPS) is 17.6. The fourth-order valence-corrected chi connectivity index (χ4v) is 3.97. The Morgan fingerprint density at radius 3 is 2.62 bits per heavy atom. The summed E-state index contributed by atoms with van der Waals surface area (Å²) >= 11 is 1.25. The van der Waals surface area contributed by atoms with Crippen molar-refractivity contribution in [1.29, 1.82) is 0 Å². The van der Waals surface area contributed by atoms with Crippen LogP contribution in [-0.2, 0) is 9.59 Å². The van der Waals surface area contributed by atoms with Gasteiger partial charge in [0.05, 0.1) is 11.3 Å². The second kappa shape index (κ2) is 8.48. The quantitative estimate of drug-likeness (QED) is 0.783. The number of thioether (sulfide) groups is 1. The molecule has 8 heteroatoms. The van der Waals surface area contributed by atoms with Crippen LogP contribution in [0.25, 0.3) is 0 Å². The average molecular weight is 411 g/mol. The van der Waals surface area contributed by atoms with Crippen LogP contribution in [0, 0.1) is 13.8 Å². The van der Waals surface area contributed by atoms with Gasteiger partial charge in [0.25, 0.3) is 0 Å². The number of carboxylic acid groups (broad SMARTS) is 1. The van der Waals surface area contributed by atoms with Gasteiger partial charge >= 0.3 is 5.97 Å². The maximum Gasteiger partial charge on any atom is 0.335 e. The third-order valence-corrected chi connectivity index (χ3v) is 5.85. The number of benzene rings is 2. The largest absolute Gasteiger partial charge is 0.478 e. The number of nitrogens with zero attached hydrogens (tertiary/aromatic N) is 2. The summed E-state index contributed by atoms with van der Waals surface area (Å²) in [7, 11) is 1.64. The Morgan fingerprint density at radius 1 is 1.17 bits per heavy atom. The van der Waals surface area contributed by atoms with Crippen LogP contribution in [-0.4, -0.2) is 45.3 Å². The van der Waals surface area contributed by atoms with E-state index in [2.05, 4.69) is 10.3 Å². The second-order valence-corrected chi connectivity index (χ2v) is 7.97. The van der Waals surface area contributed by atoms with Crippen molar-refractivity contribution in [1.82, 2.24) is 4.90 Å². The molecular formula is C21H21N3O4S. The summed E-state index contributed by atoms with van der Waals surface area (Å²) < 4.78 is 0. The van der Waals surface area contributed by atoms with Gasteiger partial charge in [-0.25, -0.2) is 9.79 Å². The monoisotopic (exact) mass is 411 g/mol. The number of amidine groups is 1. The first-order valence-corrected chi connectivity index (χ1v) is 9.86. The third kappa shape index (κ3) is 4.83. The first kappa shape index (κ1) is 20.6. The van der Waals surface area contributed by atoms with Crippen molar-refractivity contribution in [2.75, 3.05) is 12.4 Å². The van der Waals surface area contributed by atoms with Gasteiger partial charge in [-0.3, -0.25) is 14.5 Å². The van der Waals surface area contributed by atoms with Crippen LogP contribution in [0.4, 0.5) is 11.4 Å². The summed E-state index contributed by atoms with van der Waals surface area (Å²) in [6.45, 7) is 4.02. The zero-order chi connectivity index (χ0) is 21.1. The van der Waals surface area contributed by atoms with Crippen molar-refractivity contribution in [2.24, 2.45) is 4.99 Å². The first-order valence-electron chi connectivity index (χ1n) is 8.98. The maximum absolute atomic E-state index is 12.5. The van der Waals surface area contributed by atoms with Crippen LogP contribution in [0.5, 0.6) is 0 Å². The van der Waals surface area contributed by atoms with E-state index in [0.29, 0.717) is 10.9 Å². The van der Waals surface area contributed by atoms with E-state index in [1.807, 2.05) is 32.0 Å². The number of aliphatic imine (C=N–C) groups is 1. The van der Waals surface area contributed by atoms with E-state index in [1.54, 1.807) is 19.2 Å². The Balaban J connectivity index is 1.68. The number of aromatic carboxylic acids is 1. The number of anilines is 1. The summed E-state index contributed by atoms with van der Waals surface area (Å²) in [5.74, 6) is -1.62. The number of carboxylic acids is 1. The highest BCUT2D eigenvalue weighted by Gasteiger charge is 2.37. The summed E-state index contributed by atoms with van der Waals surface area (Å²) in [5, 5.41) is 11.7. The van der Waals surface area contributed by atoms with E-state index in [-0.39, 0.29) is 23.8 Å². The van der Waals surface area contributed by atoms with E-state index in [1.165, 1.54) is 34.4 Å². The van der Waals surface area contributed by atoms with Gasteiger partial charge in [0, 0.05) is 19.2 Å². The van der Waals surface area contributed by atoms with Gasteiger partial charge in [-0.1, -0.05) is 23.9 Å². The maximum atomic E-state index is 12.5. The highest BCUT2D eigenvalue weighted by molar-refractivity contribution is 8.15. The molecule has 150 valence electrons. The van der Waals surface area contributed by atoms with Crippen LogP contribution in [0.2, 0.25) is 0 Å². The molecule has 0 bridgehead atoms. The number of amides is 2. The van der Waals surface area contributed by atoms with Gasteiger partial charge in [0.15, 0.2) is 5.17 Å². The van der Waals surface area contributed by atoms with Gasteiger partial charge in [-0.15, -0.1) is 0 Å². The molecule has 1 aliphatic rings. The van der Waals surface area contributed by atoms with E-state index in [0.717, 1.165) is 11.3 Å². The highest BCUT2D eigenvalue weighted by atomic mass is 32.2. The number of carbonyl (C=O) groups excluding carboxylic acids is 2. The fourth-order valence-electron chi connectivity index (χ4n) is 2.81. The van der Waals surface area contributed by atoms with Crippen LogP contribution in [0.1, 0.15) is 27.9 Å². The Morgan fingerprint density at radius 2 is 1.93 bits per heavy atom. The number of hydrogen-bond donors (Lipinski definition) is 2. The molecule has 1 atom stereocenters. The molecule has 1 saturated heterocycles. The molecule has 1 heterocycles. The van der Waals surface area contributed by atoms with Gasteiger partial charge < -0.3 is 10.4 Å². The fraction of sp³-hybridized carbons (Fsp3) is 0.238. The Labute approximate surface area is 172 Å². The third-order valence-electron chi connectivity index (χ3n) is 4.62. The van der Waals surface area contributed by atoms with Crippen LogP contribution in [0.15, 0.2) is 47.5 Å². The van der Waals surface area contributed by atoms with Crippen molar-refractivity contribution < 1.29 is 19.5 Å². The highest BCUT2D eigenvalue weighted by Crippen LogP contribution is 2.31. The number of hydrogen-bond acceptors (Lipinski definition) is 5. The van der Waals surface area contributed by atoms with E-state index < -0.39 is 11.2 Å². The summed E-state index contributed by atoms with van der Waals surface area (Å²) in [4.78, 5) is 41.9. The predicted molar refractivity (Wildman–Crippen MR) is 114 cm³/mol. The van der Waals surface area contributed by atoms with Crippen molar-refractivity contribution in [2.45, 2.75) is 25.5 Å². The summed E-state index contributed by atoms with van der Waals surface area (Å²) in [6, 6.07) is 11.8. The number of aryl methyl sites for hydroxylation is 2. The first-order chi connectivity index (χ1) is 13.7. The summed E-state index contributed by atoms with van der Waals surface area (Å²) in [6.07, 6.45) is -0.0307. The van der Waals surface area contributed by atoms with Crippen molar-refractivity contribution in [3.8, 4) is 0 Å². The van der Waals surface area contributed by atoms with Gasteiger partial charge in [-0.05, 0) is 55.3 Å². The van der Waals surface area contributed by atoms with Crippen LogP contribution in [0.3, 0.4) is 0 Å². The molecule has 0 aliphatic carbocycles. The van der Waals surface area contributed by atoms with Crippen molar-refractivity contribution in [3.05, 3.63) is 59.2 Å². The minimum Gasteiger partial charge on any atom is -0.478 e. The molecule has 29 heavy (non-hydrogen) atoms.